The fourth-order valence-corrected chi connectivity index (χ4v) is 2.34. The standard InChI is InChI=1S/C16H25NO2/c1-4-10-17(11-12-18)13-16(2,3)15(19)14-8-6-5-7-9-14/h5-9,18H,4,10-13H2,1-3H3. The number of rotatable bonds is 8. The Morgan fingerprint density at radius 1 is 1.21 bits per heavy atom. The van der Waals surface area contributed by atoms with Crippen LogP contribution in [-0.2, 0) is 0 Å². The van der Waals surface area contributed by atoms with Gasteiger partial charge in [-0.05, 0) is 13.0 Å². The van der Waals surface area contributed by atoms with Gasteiger partial charge in [0, 0.05) is 24.1 Å². The second-order valence-electron chi connectivity index (χ2n) is 5.58. The summed E-state index contributed by atoms with van der Waals surface area (Å²) in [5.74, 6) is 0.159. The summed E-state index contributed by atoms with van der Waals surface area (Å²) in [6, 6.07) is 9.42. The van der Waals surface area contributed by atoms with Crippen LogP contribution in [0.4, 0.5) is 0 Å². The predicted molar refractivity (Wildman–Crippen MR) is 78.4 cm³/mol. The molecule has 1 aromatic carbocycles. The number of Topliss-reactive ketones (excluding diaryl/α,β-unsaturated/α-hetero) is 1. The molecule has 1 rings (SSSR count). The zero-order chi connectivity index (χ0) is 14.3. The van der Waals surface area contributed by atoms with Crippen molar-refractivity contribution in [2.24, 2.45) is 5.41 Å². The Balaban J connectivity index is 2.76. The van der Waals surface area contributed by atoms with Crippen LogP contribution in [0.15, 0.2) is 30.3 Å². The average Bonchev–Trinajstić information content (AvgIpc) is 2.39. The van der Waals surface area contributed by atoms with Crippen molar-refractivity contribution in [2.45, 2.75) is 27.2 Å². The first-order valence-corrected chi connectivity index (χ1v) is 6.94. The molecule has 1 aromatic rings. The van der Waals surface area contributed by atoms with E-state index in [9.17, 15) is 4.79 Å². The number of ketones is 1. The first-order valence-electron chi connectivity index (χ1n) is 6.94. The number of hydrogen-bond acceptors (Lipinski definition) is 3. The van der Waals surface area contributed by atoms with E-state index >= 15 is 0 Å². The van der Waals surface area contributed by atoms with Gasteiger partial charge in [0.1, 0.15) is 0 Å². The van der Waals surface area contributed by atoms with Gasteiger partial charge >= 0.3 is 0 Å². The minimum Gasteiger partial charge on any atom is -0.395 e. The molecule has 0 saturated heterocycles. The largest absolute Gasteiger partial charge is 0.395 e. The van der Waals surface area contributed by atoms with Gasteiger partial charge < -0.3 is 10.0 Å². The van der Waals surface area contributed by atoms with Gasteiger partial charge in [0.05, 0.1) is 6.61 Å². The van der Waals surface area contributed by atoms with Crippen LogP contribution >= 0.6 is 0 Å². The van der Waals surface area contributed by atoms with Gasteiger partial charge in [-0.3, -0.25) is 4.79 Å². The SMILES string of the molecule is CCCN(CCO)CC(C)(C)C(=O)c1ccccc1. The number of hydrogen-bond donors (Lipinski definition) is 1. The molecular formula is C16H25NO2. The van der Waals surface area contributed by atoms with Crippen LogP contribution < -0.4 is 0 Å². The summed E-state index contributed by atoms with van der Waals surface area (Å²) in [5, 5.41) is 9.09. The second-order valence-corrected chi connectivity index (χ2v) is 5.58. The Kier molecular flexibility index (Phi) is 6.19. The number of aliphatic hydroxyl groups excluding tert-OH is 1. The van der Waals surface area contributed by atoms with Crippen molar-refractivity contribution in [3.63, 3.8) is 0 Å². The number of nitrogens with zero attached hydrogens (tertiary/aromatic N) is 1. The van der Waals surface area contributed by atoms with Crippen molar-refractivity contribution < 1.29 is 9.90 Å². The Labute approximate surface area is 116 Å². The van der Waals surface area contributed by atoms with E-state index in [4.69, 9.17) is 5.11 Å². The number of benzene rings is 1. The minimum atomic E-state index is -0.439. The highest BCUT2D eigenvalue weighted by Crippen LogP contribution is 2.23. The average molecular weight is 263 g/mol. The van der Waals surface area contributed by atoms with Crippen molar-refractivity contribution >= 4 is 5.78 Å². The maximum Gasteiger partial charge on any atom is 0.169 e. The number of carbonyl (C=O) groups excluding carboxylic acids is 1. The Hall–Kier alpha value is -1.19. The van der Waals surface area contributed by atoms with Gasteiger partial charge in [0.2, 0.25) is 0 Å². The fourth-order valence-electron chi connectivity index (χ4n) is 2.34. The highest BCUT2D eigenvalue weighted by molar-refractivity contribution is 6.00. The summed E-state index contributed by atoms with van der Waals surface area (Å²) in [7, 11) is 0. The fraction of sp³-hybridized carbons (Fsp3) is 0.562. The highest BCUT2D eigenvalue weighted by Gasteiger charge is 2.30. The molecule has 0 fully saturated rings. The molecule has 3 nitrogen and oxygen atoms in total. The molecule has 0 aliphatic heterocycles. The Morgan fingerprint density at radius 2 is 1.84 bits per heavy atom. The maximum atomic E-state index is 12.5. The molecule has 0 bridgehead atoms. The van der Waals surface area contributed by atoms with Gasteiger partial charge in [0.25, 0.3) is 0 Å². The van der Waals surface area contributed by atoms with Gasteiger partial charge in [0.15, 0.2) is 5.78 Å². The zero-order valence-electron chi connectivity index (χ0n) is 12.2. The van der Waals surface area contributed by atoms with Crippen LogP contribution in [0, 0.1) is 5.41 Å². The Bertz CT molecular complexity index is 381. The van der Waals surface area contributed by atoms with E-state index in [0.717, 1.165) is 18.5 Å². The van der Waals surface area contributed by atoms with Crippen LogP contribution in [0.2, 0.25) is 0 Å². The highest BCUT2D eigenvalue weighted by atomic mass is 16.3. The number of carbonyl (C=O) groups is 1. The molecule has 19 heavy (non-hydrogen) atoms. The van der Waals surface area contributed by atoms with E-state index in [2.05, 4.69) is 11.8 Å². The third kappa shape index (κ3) is 4.77. The lowest BCUT2D eigenvalue weighted by Crippen LogP contribution is -2.41. The molecule has 3 heteroatoms. The molecular weight excluding hydrogens is 238 g/mol. The van der Waals surface area contributed by atoms with Crippen molar-refractivity contribution in [1.82, 2.24) is 4.90 Å². The van der Waals surface area contributed by atoms with Gasteiger partial charge in [-0.2, -0.15) is 0 Å². The van der Waals surface area contributed by atoms with Crippen molar-refractivity contribution in [1.29, 1.82) is 0 Å². The van der Waals surface area contributed by atoms with Gasteiger partial charge in [-0.25, -0.2) is 0 Å². The van der Waals surface area contributed by atoms with Crippen LogP contribution in [0.3, 0.4) is 0 Å². The predicted octanol–water partition coefficient (Wildman–Crippen LogP) is 2.60. The van der Waals surface area contributed by atoms with Crippen LogP contribution in [-0.4, -0.2) is 42.0 Å². The normalized spacial score (nSPS) is 11.8. The van der Waals surface area contributed by atoms with Crippen molar-refractivity contribution in [3.05, 3.63) is 35.9 Å². The van der Waals surface area contributed by atoms with E-state index in [1.165, 1.54) is 0 Å². The van der Waals surface area contributed by atoms with Gasteiger partial charge in [-0.1, -0.05) is 51.1 Å². The van der Waals surface area contributed by atoms with E-state index in [1.807, 2.05) is 44.2 Å². The summed E-state index contributed by atoms with van der Waals surface area (Å²) < 4.78 is 0. The molecule has 0 amide bonds. The lowest BCUT2D eigenvalue weighted by molar-refractivity contribution is 0.0742. The van der Waals surface area contributed by atoms with Crippen LogP contribution in [0.25, 0.3) is 0 Å². The third-order valence-corrected chi connectivity index (χ3v) is 3.23. The van der Waals surface area contributed by atoms with E-state index in [-0.39, 0.29) is 12.4 Å². The third-order valence-electron chi connectivity index (χ3n) is 3.23. The quantitative estimate of drug-likeness (QED) is 0.733. The first-order chi connectivity index (χ1) is 9.01. The number of aliphatic hydroxyl groups is 1. The lowest BCUT2D eigenvalue weighted by atomic mass is 9.83. The van der Waals surface area contributed by atoms with Crippen molar-refractivity contribution in [3.8, 4) is 0 Å². The summed E-state index contributed by atoms with van der Waals surface area (Å²) in [4.78, 5) is 14.7. The molecule has 0 aliphatic carbocycles. The summed E-state index contributed by atoms with van der Waals surface area (Å²) >= 11 is 0. The minimum absolute atomic E-state index is 0.135. The van der Waals surface area contributed by atoms with E-state index in [1.54, 1.807) is 0 Å². The molecule has 0 atom stereocenters. The molecule has 0 spiro atoms. The summed E-state index contributed by atoms with van der Waals surface area (Å²) in [5.41, 5.74) is 0.319. The summed E-state index contributed by atoms with van der Waals surface area (Å²) in [6.45, 7) is 8.40. The van der Waals surface area contributed by atoms with E-state index < -0.39 is 5.41 Å². The second kappa shape index (κ2) is 7.41. The van der Waals surface area contributed by atoms with Crippen molar-refractivity contribution in [2.75, 3.05) is 26.2 Å². The molecule has 0 aromatic heterocycles. The molecule has 0 aliphatic rings. The topological polar surface area (TPSA) is 40.5 Å². The van der Waals surface area contributed by atoms with Crippen LogP contribution in [0.1, 0.15) is 37.6 Å². The first kappa shape index (κ1) is 15.9. The molecule has 0 heterocycles. The lowest BCUT2D eigenvalue weighted by Gasteiger charge is -2.31. The molecule has 0 unspecified atom stereocenters. The van der Waals surface area contributed by atoms with E-state index in [0.29, 0.717) is 13.1 Å². The summed E-state index contributed by atoms with van der Waals surface area (Å²) in [6.07, 6.45) is 1.02. The maximum absolute atomic E-state index is 12.5. The molecule has 0 radical (unpaired) electrons. The monoisotopic (exact) mass is 263 g/mol. The molecule has 0 saturated carbocycles. The molecule has 1 N–H and O–H groups in total. The van der Waals surface area contributed by atoms with Gasteiger partial charge in [-0.15, -0.1) is 0 Å². The smallest absolute Gasteiger partial charge is 0.169 e. The zero-order valence-corrected chi connectivity index (χ0v) is 12.2. The Morgan fingerprint density at radius 3 is 2.37 bits per heavy atom. The molecule has 106 valence electrons. The van der Waals surface area contributed by atoms with Crippen LogP contribution in [0.5, 0.6) is 0 Å².